The third-order valence-corrected chi connectivity index (χ3v) is 5.01. The number of aryl methyl sites for hydroxylation is 1. The predicted molar refractivity (Wildman–Crippen MR) is 104 cm³/mol. The maximum absolute atomic E-state index is 12.6. The normalized spacial score (nSPS) is 13.4. The summed E-state index contributed by atoms with van der Waals surface area (Å²) in [4.78, 5) is 31.5. The molecule has 0 unspecified atom stereocenters. The molecule has 1 aromatic carbocycles. The first-order valence-electron chi connectivity index (χ1n) is 9.19. The van der Waals surface area contributed by atoms with Gasteiger partial charge in [-0.25, -0.2) is 4.79 Å². The highest BCUT2D eigenvalue weighted by Gasteiger charge is 2.28. The Kier molecular flexibility index (Phi) is 4.25. The number of ether oxygens (including phenoxy) is 1. The molecule has 4 rings (SSSR count). The van der Waals surface area contributed by atoms with Crippen LogP contribution >= 0.6 is 0 Å². The van der Waals surface area contributed by atoms with Gasteiger partial charge < -0.3 is 14.2 Å². The molecule has 0 radical (unpaired) electrons. The van der Waals surface area contributed by atoms with E-state index in [0.29, 0.717) is 36.8 Å². The van der Waals surface area contributed by atoms with E-state index in [-0.39, 0.29) is 11.2 Å². The van der Waals surface area contributed by atoms with Crippen molar-refractivity contribution in [3.05, 3.63) is 45.1 Å². The molecule has 8 heteroatoms. The van der Waals surface area contributed by atoms with Crippen molar-refractivity contribution in [1.82, 2.24) is 18.7 Å². The van der Waals surface area contributed by atoms with Gasteiger partial charge in [-0.1, -0.05) is 19.4 Å². The number of imidazole rings is 1. The van der Waals surface area contributed by atoms with Crippen molar-refractivity contribution in [3.63, 3.8) is 0 Å². The lowest BCUT2D eigenvalue weighted by molar-refractivity contribution is 0.309. The summed E-state index contributed by atoms with van der Waals surface area (Å²) in [5, 5.41) is 0. The quantitative estimate of drug-likeness (QED) is 0.641. The van der Waals surface area contributed by atoms with Crippen molar-refractivity contribution in [2.24, 2.45) is 14.1 Å². The lowest BCUT2D eigenvalue weighted by Crippen LogP contribution is -2.37. The fourth-order valence-electron chi connectivity index (χ4n) is 3.47. The number of anilines is 2. The highest BCUT2D eigenvalue weighted by atomic mass is 16.5. The molecule has 0 amide bonds. The highest BCUT2D eigenvalue weighted by molar-refractivity contribution is 5.77. The maximum Gasteiger partial charge on any atom is 0.332 e. The van der Waals surface area contributed by atoms with Crippen LogP contribution in [0.25, 0.3) is 11.2 Å². The van der Waals surface area contributed by atoms with Gasteiger partial charge in [0.25, 0.3) is 5.56 Å². The average Bonchev–Trinajstić information content (AvgIpc) is 3.24. The van der Waals surface area contributed by atoms with Gasteiger partial charge in [-0.05, 0) is 18.6 Å². The Morgan fingerprint density at radius 1 is 1.15 bits per heavy atom. The number of fused-ring (bicyclic) bond motifs is 3. The van der Waals surface area contributed by atoms with Crippen LogP contribution in [0.15, 0.2) is 33.9 Å². The minimum absolute atomic E-state index is 0.314. The number of rotatable bonds is 5. The zero-order valence-electron chi connectivity index (χ0n) is 15.8. The van der Waals surface area contributed by atoms with E-state index in [1.807, 2.05) is 28.8 Å². The molecule has 2 aromatic heterocycles. The summed E-state index contributed by atoms with van der Waals surface area (Å²) in [6.07, 6.45) is 2.10. The molecule has 0 aliphatic carbocycles. The number of aromatic nitrogens is 4. The van der Waals surface area contributed by atoms with Gasteiger partial charge in [-0.3, -0.25) is 13.9 Å². The standard InChI is InChI=1S/C19H23N5O3/c1-4-5-11-27-14-8-6-7-13(12-14)23-9-10-24-15-16(20-18(23)24)21(2)19(26)22(3)17(15)25/h6-8,12H,4-5,9-11H2,1-3H3. The molecule has 1 aliphatic heterocycles. The summed E-state index contributed by atoms with van der Waals surface area (Å²) in [6.45, 7) is 4.17. The van der Waals surface area contributed by atoms with Crippen LogP contribution in [0, 0.1) is 0 Å². The van der Waals surface area contributed by atoms with Crippen LogP contribution in [0.5, 0.6) is 5.75 Å². The summed E-state index contributed by atoms with van der Waals surface area (Å²) < 4.78 is 10.2. The van der Waals surface area contributed by atoms with Crippen molar-refractivity contribution >= 4 is 22.8 Å². The molecule has 0 fully saturated rings. The maximum atomic E-state index is 12.6. The van der Waals surface area contributed by atoms with Crippen LogP contribution in [0.3, 0.4) is 0 Å². The Morgan fingerprint density at radius 3 is 2.74 bits per heavy atom. The summed E-state index contributed by atoms with van der Waals surface area (Å²) >= 11 is 0. The third-order valence-electron chi connectivity index (χ3n) is 5.01. The van der Waals surface area contributed by atoms with Gasteiger partial charge >= 0.3 is 5.69 Å². The summed E-state index contributed by atoms with van der Waals surface area (Å²) in [5.74, 6) is 1.49. The third kappa shape index (κ3) is 2.72. The van der Waals surface area contributed by atoms with E-state index in [9.17, 15) is 9.59 Å². The summed E-state index contributed by atoms with van der Waals surface area (Å²) in [6, 6.07) is 7.88. The number of hydrogen-bond acceptors (Lipinski definition) is 5. The van der Waals surface area contributed by atoms with E-state index in [0.717, 1.165) is 28.8 Å². The van der Waals surface area contributed by atoms with Gasteiger partial charge in [0.1, 0.15) is 5.75 Å². The van der Waals surface area contributed by atoms with Gasteiger partial charge in [0.15, 0.2) is 11.2 Å². The second-order valence-electron chi connectivity index (χ2n) is 6.79. The van der Waals surface area contributed by atoms with E-state index >= 15 is 0 Å². The first-order valence-corrected chi connectivity index (χ1v) is 9.19. The van der Waals surface area contributed by atoms with Crippen molar-refractivity contribution in [3.8, 4) is 5.75 Å². The second kappa shape index (κ2) is 6.61. The molecule has 142 valence electrons. The number of benzene rings is 1. The summed E-state index contributed by atoms with van der Waals surface area (Å²) in [5.41, 5.74) is 1.15. The molecular weight excluding hydrogens is 346 g/mol. The van der Waals surface area contributed by atoms with Crippen LogP contribution in [0.4, 0.5) is 11.6 Å². The van der Waals surface area contributed by atoms with E-state index in [1.54, 1.807) is 7.05 Å². The largest absolute Gasteiger partial charge is 0.494 e. The molecule has 3 aromatic rings. The molecule has 8 nitrogen and oxygen atoms in total. The smallest absolute Gasteiger partial charge is 0.332 e. The summed E-state index contributed by atoms with van der Waals surface area (Å²) in [7, 11) is 3.13. The molecule has 0 saturated heterocycles. The molecule has 0 spiro atoms. The Morgan fingerprint density at radius 2 is 1.96 bits per heavy atom. The van der Waals surface area contributed by atoms with Crippen LogP contribution in [-0.2, 0) is 20.6 Å². The molecule has 3 heterocycles. The highest BCUT2D eigenvalue weighted by Crippen LogP contribution is 2.33. The lowest BCUT2D eigenvalue weighted by Gasteiger charge is -2.17. The monoisotopic (exact) mass is 369 g/mol. The average molecular weight is 369 g/mol. The van der Waals surface area contributed by atoms with Crippen LogP contribution in [-0.4, -0.2) is 31.8 Å². The van der Waals surface area contributed by atoms with Gasteiger partial charge in [0.05, 0.1) is 6.61 Å². The van der Waals surface area contributed by atoms with Gasteiger partial charge in [0.2, 0.25) is 5.95 Å². The molecule has 1 aliphatic rings. The number of unbranched alkanes of at least 4 members (excludes halogenated alkanes) is 1. The molecule has 27 heavy (non-hydrogen) atoms. The first-order chi connectivity index (χ1) is 13.0. The van der Waals surface area contributed by atoms with Crippen molar-refractivity contribution in [2.75, 3.05) is 18.1 Å². The van der Waals surface area contributed by atoms with E-state index in [2.05, 4.69) is 16.8 Å². The van der Waals surface area contributed by atoms with Crippen LogP contribution in [0.1, 0.15) is 19.8 Å². The molecular formula is C19H23N5O3. The topological polar surface area (TPSA) is 74.3 Å². The minimum Gasteiger partial charge on any atom is -0.494 e. The van der Waals surface area contributed by atoms with E-state index in [4.69, 9.17) is 4.74 Å². The van der Waals surface area contributed by atoms with E-state index < -0.39 is 0 Å². The fourth-order valence-corrected chi connectivity index (χ4v) is 3.47. The van der Waals surface area contributed by atoms with Gasteiger partial charge in [-0.2, -0.15) is 4.98 Å². The Hall–Kier alpha value is -3.03. The predicted octanol–water partition coefficient (Wildman–Crippen LogP) is 1.76. The molecule has 0 atom stereocenters. The van der Waals surface area contributed by atoms with Gasteiger partial charge in [0, 0.05) is 38.9 Å². The van der Waals surface area contributed by atoms with Crippen LogP contribution < -0.4 is 20.9 Å². The first kappa shape index (κ1) is 17.4. The SMILES string of the molecule is CCCCOc1cccc(N2CCn3c2nc2c3c(=O)n(C)c(=O)n2C)c1. The van der Waals surface area contributed by atoms with Crippen molar-refractivity contribution in [1.29, 1.82) is 0 Å². The van der Waals surface area contributed by atoms with E-state index in [1.165, 1.54) is 11.6 Å². The van der Waals surface area contributed by atoms with Crippen LogP contribution in [0.2, 0.25) is 0 Å². The number of hydrogen-bond donors (Lipinski definition) is 0. The van der Waals surface area contributed by atoms with Crippen molar-refractivity contribution < 1.29 is 4.74 Å². The van der Waals surface area contributed by atoms with Gasteiger partial charge in [-0.15, -0.1) is 0 Å². The Bertz CT molecular complexity index is 1120. The van der Waals surface area contributed by atoms with Crippen molar-refractivity contribution in [2.45, 2.75) is 26.3 Å². The molecule has 0 bridgehead atoms. The fraction of sp³-hybridized carbons (Fsp3) is 0.421. The zero-order chi connectivity index (χ0) is 19.1. The zero-order valence-corrected chi connectivity index (χ0v) is 15.8. The minimum atomic E-state index is -0.373. The molecule has 0 saturated carbocycles. The Labute approximate surface area is 156 Å². The Balaban J connectivity index is 1.77. The number of nitrogens with zero attached hydrogens (tertiary/aromatic N) is 5. The molecule has 0 N–H and O–H groups in total. The second-order valence-corrected chi connectivity index (χ2v) is 6.79. The lowest BCUT2D eigenvalue weighted by atomic mass is 10.2.